The van der Waals surface area contributed by atoms with Crippen LogP contribution in [0.2, 0.25) is 0 Å². The fourth-order valence-corrected chi connectivity index (χ4v) is 4.22. The smallest absolute Gasteiger partial charge is 0.264 e. The highest BCUT2D eigenvalue weighted by molar-refractivity contribution is 7.92. The van der Waals surface area contributed by atoms with E-state index >= 15 is 0 Å². The zero-order chi connectivity index (χ0) is 15.0. The molecule has 2 N–H and O–H groups in total. The third kappa shape index (κ3) is 2.47. The van der Waals surface area contributed by atoms with Crippen LogP contribution in [0, 0.1) is 6.92 Å². The molecule has 2 heterocycles. The highest BCUT2D eigenvalue weighted by Crippen LogP contribution is 2.32. The van der Waals surface area contributed by atoms with Gasteiger partial charge >= 0.3 is 0 Å². The molecule has 0 unspecified atom stereocenters. The van der Waals surface area contributed by atoms with E-state index in [2.05, 4.69) is 11.1 Å². The molecule has 0 spiro atoms. The zero-order valence-corrected chi connectivity index (χ0v) is 12.6. The standard InChI is InChI=1S/C15H17N3O2S/c1-11-4-5-14-12(9-11)3-2-8-18(14)21(19,20)13-6-7-17-15(16)10-13/h4-7,9-10H,2-3,8H2,1H3,(H2,16,17). The van der Waals surface area contributed by atoms with Gasteiger partial charge < -0.3 is 5.73 Å². The van der Waals surface area contributed by atoms with Gasteiger partial charge in [0.1, 0.15) is 5.82 Å². The van der Waals surface area contributed by atoms with Gasteiger partial charge in [-0.15, -0.1) is 0 Å². The van der Waals surface area contributed by atoms with Gasteiger partial charge in [-0.05, 0) is 37.5 Å². The minimum absolute atomic E-state index is 0.184. The summed E-state index contributed by atoms with van der Waals surface area (Å²) in [5.41, 5.74) is 8.59. The number of nitrogens with zero attached hydrogens (tertiary/aromatic N) is 2. The first-order chi connectivity index (χ1) is 9.98. The maximum Gasteiger partial charge on any atom is 0.264 e. The third-order valence-electron chi connectivity index (χ3n) is 3.65. The number of nitrogens with two attached hydrogens (primary N) is 1. The molecule has 3 rings (SSSR count). The van der Waals surface area contributed by atoms with Crippen LogP contribution < -0.4 is 10.0 Å². The number of sulfonamides is 1. The number of hydrogen-bond acceptors (Lipinski definition) is 4. The van der Waals surface area contributed by atoms with Crippen molar-refractivity contribution in [1.82, 2.24) is 4.98 Å². The van der Waals surface area contributed by atoms with Gasteiger partial charge in [0.2, 0.25) is 0 Å². The van der Waals surface area contributed by atoms with E-state index in [0.717, 1.165) is 29.7 Å². The average molecular weight is 303 g/mol. The number of aromatic nitrogens is 1. The Hall–Kier alpha value is -2.08. The Balaban J connectivity index is 2.09. The molecular weight excluding hydrogens is 286 g/mol. The third-order valence-corrected chi connectivity index (χ3v) is 5.46. The lowest BCUT2D eigenvalue weighted by Gasteiger charge is -2.30. The monoisotopic (exact) mass is 303 g/mol. The van der Waals surface area contributed by atoms with Crippen molar-refractivity contribution >= 4 is 21.5 Å². The molecule has 6 heteroatoms. The number of hydrogen-bond donors (Lipinski definition) is 1. The summed E-state index contributed by atoms with van der Waals surface area (Å²) in [5.74, 6) is 0.206. The molecule has 110 valence electrons. The van der Waals surface area contributed by atoms with E-state index in [-0.39, 0.29) is 10.7 Å². The molecule has 0 fully saturated rings. The van der Waals surface area contributed by atoms with Gasteiger partial charge in [0, 0.05) is 18.8 Å². The van der Waals surface area contributed by atoms with Gasteiger partial charge in [-0.2, -0.15) is 0 Å². The van der Waals surface area contributed by atoms with Gasteiger partial charge in [0.15, 0.2) is 0 Å². The Bertz CT molecular complexity index is 787. The second-order valence-electron chi connectivity index (χ2n) is 5.23. The van der Waals surface area contributed by atoms with Crippen molar-refractivity contribution in [3.05, 3.63) is 47.7 Å². The van der Waals surface area contributed by atoms with Crippen LogP contribution in [0.15, 0.2) is 41.4 Å². The normalized spacial score (nSPS) is 14.8. The average Bonchev–Trinajstić information content (AvgIpc) is 2.46. The fraction of sp³-hybridized carbons (Fsp3) is 0.267. The Morgan fingerprint density at radius 2 is 2.05 bits per heavy atom. The van der Waals surface area contributed by atoms with Crippen molar-refractivity contribution in [3.63, 3.8) is 0 Å². The van der Waals surface area contributed by atoms with Crippen LogP contribution >= 0.6 is 0 Å². The van der Waals surface area contributed by atoms with Gasteiger partial charge in [0.25, 0.3) is 10.0 Å². The van der Waals surface area contributed by atoms with Crippen LogP contribution in [0.5, 0.6) is 0 Å². The molecule has 2 aromatic rings. The van der Waals surface area contributed by atoms with E-state index in [0.29, 0.717) is 6.54 Å². The molecule has 0 amide bonds. The Labute approximate surface area is 124 Å². The van der Waals surface area contributed by atoms with E-state index in [1.807, 2.05) is 19.1 Å². The second-order valence-corrected chi connectivity index (χ2v) is 7.09. The number of aryl methyl sites for hydroxylation is 2. The van der Waals surface area contributed by atoms with Crippen LogP contribution in [-0.4, -0.2) is 19.9 Å². The summed E-state index contributed by atoms with van der Waals surface area (Å²) in [4.78, 5) is 4.03. The number of benzene rings is 1. The summed E-state index contributed by atoms with van der Waals surface area (Å²) >= 11 is 0. The molecule has 0 saturated heterocycles. The van der Waals surface area contributed by atoms with Gasteiger partial charge in [-0.25, -0.2) is 13.4 Å². The molecule has 1 aromatic heterocycles. The van der Waals surface area contributed by atoms with Crippen molar-refractivity contribution in [2.75, 3.05) is 16.6 Å². The van der Waals surface area contributed by atoms with Crippen LogP contribution in [0.4, 0.5) is 11.5 Å². The summed E-state index contributed by atoms with van der Waals surface area (Å²) in [6.07, 6.45) is 3.14. The van der Waals surface area contributed by atoms with E-state index in [4.69, 9.17) is 5.73 Å². The predicted molar refractivity (Wildman–Crippen MR) is 82.7 cm³/mol. The molecule has 1 aliphatic heterocycles. The summed E-state index contributed by atoms with van der Waals surface area (Å²) in [7, 11) is -3.60. The Kier molecular flexibility index (Phi) is 3.33. The molecule has 1 aliphatic rings. The summed E-state index contributed by atoms with van der Waals surface area (Å²) < 4.78 is 27.1. The lowest BCUT2D eigenvalue weighted by atomic mass is 10.0. The van der Waals surface area contributed by atoms with Gasteiger partial charge in [0.05, 0.1) is 10.6 Å². The lowest BCUT2D eigenvalue weighted by Crippen LogP contribution is -2.35. The van der Waals surface area contributed by atoms with Crippen molar-refractivity contribution < 1.29 is 8.42 Å². The SMILES string of the molecule is Cc1ccc2c(c1)CCCN2S(=O)(=O)c1ccnc(N)c1. The second kappa shape index (κ2) is 5.04. The van der Waals surface area contributed by atoms with Gasteiger partial charge in [-0.1, -0.05) is 17.7 Å². The van der Waals surface area contributed by atoms with Crippen molar-refractivity contribution in [3.8, 4) is 0 Å². The summed E-state index contributed by atoms with van der Waals surface area (Å²) in [6, 6.07) is 8.75. The number of fused-ring (bicyclic) bond motifs is 1. The summed E-state index contributed by atoms with van der Waals surface area (Å²) in [5, 5.41) is 0. The quantitative estimate of drug-likeness (QED) is 0.922. The number of pyridine rings is 1. The first-order valence-electron chi connectivity index (χ1n) is 6.82. The van der Waals surface area contributed by atoms with Crippen LogP contribution in [0.3, 0.4) is 0 Å². The Morgan fingerprint density at radius 3 is 2.81 bits per heavy atom. The van der Waals surface area contributed by atoms with E-state index < -0.39 is 10.0 Å². The van der Waals surface area contributed by atoms with Crippen LogP contribution in [-0.2, 0) is 16.4 Å². The van der Waals surface area contributed by atoms with E-state index in [1.165, 1.54) is 22.6 Å². The van der Waals surface area contributed by atoms with Crippen molar-refractivity contribution in [2.24, 2.45) is 0 Å². The van der Waals surface area contributed by atoms with Gasteiger partial charge in [-0.3, -0.25) is 4.31 Å². The molecule has 0 bridgehead atoms. The van der Waals surface area contributed by atoms with Crippen LogP contribution in [0.1, 0.15) is 17.5 Å². The number of anilines is 2. The molecular formula is C15H17N3O2S. The minimum atomic E-state index is -3.60. The highest BCUT2D eigenvalue weighted by Gasteiger charge is 2.29. The largest absolute Gasteiger partial charge is 0.384 e. The minimum Gasteiger partial charge on any atom is -0.384 e. The molecule has 5 nitrogen and oxygen atoms in total. The molecule has 21 heavy (non-hydrogen) atoms. The Morgan fingerprint density at radius 1 is 1.24 bits per heavy atom. The molecule has 0 saturated carbocycles. The predicted octanol–water partition coefficient (Wildman–Crippen LogP) is 2.11. The van der Waals surface area contributed by atoms with Crippen LogP contribution in [0.25, 0.3) is 0 Å². The van der Waals surface area contributed by atoms with E-state index in [1.54, 1.807) is 0 Å². The number of nitrogen functional groups attached to an aromatic ring is 1. The van der Waals surface area contributed by atoms with E-state index in [9.17, 15) is 8.42 Å². The van der Waals surface area contributed by atoms with Crippen molar-refractivity contribution in [2.45, 2.75) is 24.7 Å². The molecule has 0 aliphatic carbocycles. The maximum absolute atomic E-state index is 12.8. The van der Waals surface area contributed by atoms with Crippen molar-refractivity contribution in [1.29, 1.82) is 0 Å². The first-order valence-corrected chi connectivity index (χ1v) is 8.26. The summed E-state index contributed by atoms with van der Waals surface area (Å²) in [6.45, 7) is 2.50. The number of rotatable bonds is 2. The molecule has 1 aromatic carbocycles. The highest BCUT2D eigenvalue weighted by atomic mass is 32.2. The first kappa shape index (κ1) is 13.9. The lowest BCUT2D eigenvalue weighted by molar-refractivity contribution is 0.586. The topological polar surface area (TPSA) is 76.3 Å². The molecule has 0 radical (unpaired) electrons. The zero-order valence-electron chi connectivity index (χ0n) is 11.8. The maximum atomic E-state index is 12.8. The fourth-order valence-electron chi connectivity index (χ4n) is 2.66. The molecule has 0 atom stereocenters.